The van der Waals surface area contributed by atoms with Crippen molar-refractivity contribution >= 4 is 38.8 Å². The summed E-state index contributed by atoms with van der Waals surface area (Å²) in [5.74, 6) is -0.219. The number of hydrogen-bond acceptors (Lipinski definition) is 7. The van der Waals surface area contributed by atoms with E-state index in [4.69, 9.17) is 9.15 Å². The minimum Gasteiger partial charge on any atom is -0.463 e. The third-order valence-corrected chi connectivity index (χ3v) is 7.27. The highest BCUT2D eigenvalue weighted by Crippen LogP contribution is 2.41. The van der Waals surface area contributed by atoms with Crippen LogP contribution in [0, 0.1) is 6.92 Å². The van der Waals surface area contributed by atoms with Crippen LogP contribution in [0.2, 0.25) is 0 Å². The summed E-state index contributed by atoms with van der Waals surface area (Å²) >= 11 is 0. The topological polar surface area (TPSA) is 119 Å². The van der Waals surface area contributed by atoms with Crippen LogP contribution < -0.4 is 9.62 Å². The monoisotopic (exact) mass is 537 g/mol. The number of nitrogens with zero attached hydrogens (tertiary/aromatic N) is 2. The second-order valence-corrected chi connectivity index (χ2v) is 11.0. The molecule has 4 rings (SSSR count). The van der Waals surface area contributed by atoms with Crippen LogP contribution in [0.15, 0.2) is 59.1 Å². The third kappa shape index (κ3) is 5.96. The number of ether oxygens (including phenoxy) is 1. The summed E-state index contributed by atoms with van der Waals surface area (Å²) in [6, 6.07) is 9.40. The lowest BCUT2D eigenvalue weighted by molar-refractivity contribution is -0.137. The van der Waals surface area contributed by atoms with E-state index >= 15 is 0 Å². The van der Waals surface area contributed by atoms with Gasteiger partial charge in [0, 0.05) is 36.7 Å². The normalized spacial score (nSPS) is 13.3. The first-order chi connectivity index (χ1) is 18.1. The second-order valence-electron chi connectivity index (χ2n) is 9.05. The fourth-order valence-corrected chi connectivity index (χ4v) is 5.07. The molecule has 0 atom stereocenters. The van der Waals surface area contributed by atoms with Crippen LogP contribution in [-0.2, 0) is 19.6 Å². The summed E-state index contributed by atoms with van der Waals surface area (Å²) in [5.41, 5.74) is 2.98. The number of aromatic nitrogens is 1. The summed E-state index contributed by atoms with van der Waals surface area (Å²) < 4.78 is 38.0. The van der Waals surface area contributed by atoms with Gasteiger partial charge in [-0.2, -0.15) is 4.98 Å². The van der Waals surface area contributed by atoms with Crippen LogP contribution >= 0.6 is 0 Å². The number of carbonyl (C=O) groups is 2. The summed E-state index contributed by atoms with van der Waals surface area (Å²) in [6.45, 7) is 4.14. The van der Waals surface area contributed by atoms with Crippen LogP contribution in [0.5, 0.6) is 0 Å². The second kappa shape index (κ2) is 11.2. The van der Waals surface area contributed by atoms with Crippen molar-refractivity contribution in [2.45, 2.75) is 32.6 Å². The van der Waals surface area contributed by atoms with Crippen LogP contribution in [0.4, 0.5) is 5.82 Å². The van der Waals surface area contributed by atoms with Crippen molar-refractivity contribution in [3.8, 4) is 11.3 Å². The van der Waals surface area contributed by atoms with Gasteiger partial charge in [0.2, 0.25) is 15.7 Å². The number of fused-ring (bicyclic) bond motifs is 1. The predicted molar refractivity (Wildman–Crippen MR) is 147 cm³/mol. The van der Waals surface area contributed by atoms with Gasteiger partial charge in [-0.25, -0.2) is 13.2 Å². The van der Waals surface area contributed by atoms with Crippen molar-refractivity contribution < 1.29 is 27.2 Å². The molecule has 200 valence electrons. The van der Waals surface area contributed by atoms with Crippen LogP contribution in [0.25, 0.3) is 22.4 Å². The minimum atomic E-state index is -3.70. The SMILES string of the molecule is CCOC(=O)C=CCCCN(c1nc2oc(-c3ccc(C)cc3)c(C(=O)NC)c2cc1C1C=C1)S(C)(=O)=O. The molecule has 0 bridgehead atoms. The Hall–Kier alpha value is -3.92. The summed E-state index contributed by atoms with van der Waals surface area (Å²) in [4.78, 5) is 29.1. The number of esters is 1. The first-order valence-corrected chi connectivity index (χ1v) is 14.2. The number of anilines is 1. The first kappa shape index (κ1) is 27.1. The van der Waals surface area contributed by atoms with Gasteiger partial charge < -0.3 is 14.5 Å². The molecule has 0 saturated heterocycles. The maximum atomic E-state index is 13.0. The maximum absolute atomic E-state index is 13.0. The molecule has 0 spiro atoms. The highest BCUT2D eigenvalue weighted by molar-refractivity contribution is 7.92. The van der Waals surface area contributed by atoms with Crippen molar-refractivity contribution in [1.29, 1.82) is 0 Å². The lowest BCUT2D eigenvalue weighted by Gasteiger charge is -2.23. The quantitative estimate of drug-likeness (QED) is 0.166. The van der Waals surface area contributed by atoms with Crippen molar-refractivity contribution in [3.63, 3.8) is 0 Å². The Balaban J connectivity index is 1.76. The zero-order chi connectivity index (χ0) is 27.4. The van der Waals surface area contributed by atoms with Crippen molar-refractivity contribution in [2.75, 3.05) is 30.8 Å². The third-order valence-electron chi connectivity index (χ3n) is 6.11. The van der Waals surface area contributed by atoms with E-state index in [0.717, 1.165) is 11.8 Å². The van der Waals surface area contributed by atoms with Gasteiger partial charge in [-0.05, 0) is 32.8 Å². The average molecular weight is 538 g/mol. The molecular formula is C28H31N3O6S. The fraction of sp³-hybridized carbons (Fsp3) is 0.321. The number of aryl methyl sites for hydroxylation is 1. The molecule has 0 fully saturated rings. The summed E-state index contributed by atoms with van der Waals surface area (Å²) in [6.07, 6.45) is 8.94. The zero-order valence-electron chi connectivity index (χ0n) is 21.9. The Morgan fingerprint density at radius 1 is 1.21 bits per heavy atom. The highest BCUT2D eigenvalue weighted by Gasteiger charge is 2.31. The lowest BCUT2D eigenvalue weighted by Crippen LogP contribution is -2.32. The lowest BCUT2D eigenvalue weighted by atomic mass is 10.0. The number of pyridine rings is 1. The maximum Gasteiger partial charge on any atom is 0.330 e. The van der Waals surface area contributed by atoms with Gasteiger partial charge in [0.1, 0.15) is 11.6 Å². The molecule has 1 N–H and O–H groups in total. The molecule has 0 saturated carbocycles. The molecule has 1 amide bonds. The Morgan fingerprint density at radius 2 is 1.92 bits per heavy atom. The molecule has 1 aliphatic rings. The van der Waals surface area contributed by atoms with E-state index in [1.54, 1.807) is 26.1 Å². The average Bonchev–Trinajstić information content (AvgIpc) is 3.65. The van der Waals surface area contributed by atoms with E-state index in [-0.39, 0.29) is 36.5 Å². The molecule has 3 aromatic rings. The zero-order valence-corrected chi connectivity index (χ0v) is 22.7. The van der Waals surface area contributed by atoms with E-state index in [1.807, 2.05) is 43.3 Å². The number of nitrogens with one attached hydrogen (secondary N) is 1. The van der Waals surface area contributed by atoms with Gasteiger partial charge in [0.05, 0.1) is 23.8 Å². The Kier molecular flexibility index (Phi) is 8.01. The molecule has 0 radical (unpaired) electrons. The Morgan fingerprint density at radius 3 is 2.53 bits per heavy atom. The fourth-order valence-electron chi connectivity index (χ4n) is 4.15. The standard InChI is InChI=1S/C28H31N3O6S/c1-5-36-23(32)9-7-6-8-16-31(38(4,34)35)26-21(19-14-15-19)17-22-24(27(33)29-3)25(37-28(22)30-26)20-12-10-18(2)11-13-20/h7,9-15,17,19H,5-6,8,16H2,1-4H3,(H,29,33). The van der Waals surface area contributed by atoms with E-state index in [0.29, 0.717) is 40.7 Å². The Labute approximate surface area is 222 Å². The molecule has 0 unspecified atom stereocenters. The van der Waals surface area contributed by atoms with Gasteiger partial charge in [-0.15, -0.1) is 0 Å². The van der Waals surface area contributed by atoms with Gasteiger partial charge >= 0.3 is 5.97 Å². The van der Waals surface area contributed by atoms with Gasteiger partial charge in [-0.1, -0.05) is 48.1 Å². The molecule has 1 aromatic carbocycles. The number of sulfonamides is 1. The largest absolute Gasteiger partial charge is 0.463 e. The van der Waals surface area contributed by atoms with Crippen LogP contribution in [0.1, 0.15) is 47.2 Å². The van der Waals surface area contributed by atoms with E-state index in [1.165, 1.54) is 10.4 Å². The van der Waals surface area contributed by atoms with E-state index < -0.39 is 16.0 Å². The van der Waals surface area contributed by atoms with E-state index in [9.17, 15) is 18.0 Å². The molecule has 2 aromatic heterocycles. The number of hydrogen-bond donors (Lipinski definition) is 1. The highest BCUT2D eigenvalue weighted by atomic mass is 32.2. The molecular weight excluding hydrogens is 506 g/mol. The number of rotatable bonds is 11. The number of unbranched alkanes of at least 4 members (excludes halogenated alkanes) is 1. The molecule has 9 nitrogen and oxygen atoms in total. The minimum absolute atomic E-state index is 0.0925. The van der Waals surface area contributed by atoms with Crippen LogP contribution in [-0.4, -0.2) is 51.7 Å². The molecule has 10 heteroatoms. The van der Waals surface area contributed by atoms with Crippen molar-refractivity contribution in [2.24, 2.45) is 0 Å². The molecule has 38 heavy (non-hydrogen) atoms. The molecule has 1 aliphatic carbocycles. The number of allylic oxidation sites excluding steroid dienone is 3. The first-order valence-electron chi connectivity index (χ1n) is 12.4. The number of benzene rings is 1. The molecule has 2 heterocycles. The predicted octanol–water partition coefficient (Wildman–Crippen LogP) is 4.48. The molecule has 0 aliphatic heterocycles. The van der Waals surface area contributed by atoms with Gasteiger partial charge in [0.15, 0.2) is 0 Å². The number of carbonyl (C=O) groups excluding carboxylic acids is 2. The Bertz CT molecular complexity index is 1510. The summed E-state index contributed by atoms with van der Waals surface area (Å²) in [7, 11) is -2.15. The van der Waals surface area contributed by atoms with Gasteiger partial charge in [-0.3, -0.25) is 9.10 Å². The summed E-state index contributed by atoms with van der Waals surface area (Å²) in [5, 5.41) is 3.19. The van der Waals surface area contributed by atoms with Crippen LogP contribution in [0.3, 0.4) is 0 Å². The van der Waals surface area contributed by atoms with Gasteiger partial charge in [0.25, 0.3) is 5.91 Å². The smallest absolute Gasteiger partial charge is 0.330 e. The van der Waals surface area contributed by atoms with Crippen molar-refractivity contribution in [1.82, 2.24) is 10.3 Å². The van der Waals surface area contributed by atoms with E-state index in [2.05, 4.69) is 10.3 Å². The number of amides is 1. The number of furan rings is 1. The van der Waals surface area contributed by atoms with Crippen molar-refractivity contribution in [3.05, 3.63) is 71.3 Å².